The van der Waals surface area contributed by atoms with Crippen LogP contribution in [0.25, 0.3) is 11.1 Å². The summed E-state index contributed by atoms with van der Waals surface area (Å²) in [5.74, 6) is -0.645. The third-order valence-corrected chi connectivity index (χ3v) is 6.55. The summed E-state index contributed by atoms with van der Waals surface area (Å²) in [6.07, 6.45) is 1.99. The van der Waals surface area contributed by atoms with Crippen molar-refractivity contribution in [3.63, 3.8) is 0 Å². The highest BCUT2D eigenvalue weighted by Crippen LogP contribution is 2.40. The quantitative estimate of drug-likeness (QED) is 0.297. The summed E-state index contributed by atoms with van der Waals surface area (Å²) in [5, 5.41) is 0. The van der Waals surface area contributed by atoms with Gasteiger partial charge in [-0.2, -0.15) is 0 Å². The summed E-state index contributed by atoms with van der Waals surface area (Å²) in [6.45, 7) is 2.20. The second-order valence-corrected chi connectivity index (χ2v) is 8.98. The van der Waals surface area contributed by atoms with Gasteiger partial charge in [0.15, 0.2) is 11.6 Å². The first-order valence-corrected chi connectivity index (χ1v) is 11.9. The predicted octanol–water partition coefficient (Wildman–Crippen LogP) is 10.0. The van der Waals surface area contributed by atoms with E-state index in [0.717, 1.165) is 49.3 Å². The molecule has 0 atom stereocenters. The zero-order valence-corrected chi connectivity index (χ0v) is 19.4. The maximum Gasteiger partial charge on any atom is 0.573 e. The van der Waals surface area contributed by atoms with Gasteiger partial charge in [0, 0.05) is 11.1 Å². The lowest BCUT2D eigenvalue weighted by Crippen LogP contribution is -2.16. The zero-order valence-electron chi connectivity index (χ0n) is 19.4. The van der Waals surface area contributed by atoms with Crippen LogP contribution in [0.2, 0.25) is 0 Å². The topological polar surface area (TPSA) is 18.5 Å². The van der Waals surface area contributed by atoms with E-state index in [4.69, 9.17) is 4.74 Å². The van der Waals surface area contributed by atoms with Crippen LogP contribution in [-0.2, 0) is 0 Å². The standard InChI is InChI=1S/C28H27F5O2.CH4/c1-2-4-18-7-9-19(10-8-18)20-11-16-23(25(29)17-20)24-5-3-6-26(27(24)30)34-21-12-14-22(15-13-21)35-28(31,32)33;/h3,5-6,11-19H,2,4,7-10H2,1H3;1H4/t18-,19-;. The molecule has 0 spiro atoms. The fraction of sp³-hybridized carbons (Fsp3) is 0.379. The van der Waals surface area contributed by atoms with Crippen molar-refractivity contribution < 1.29 is 31.4 Å². The van der Waals surface area contributed by atoms with E-state index in [9.17, 15) is 13.2 Å². The van der Waals surface area contributed by atoms with Gasteiger partial charge in [0.25, 0.3) is 0 Å². The average Bonchev–Trinajstić information content (AvgIpc) is 2.82. The van der Waals surface area contributed by atoms with Crippen LogP contribution in [0.15, 0.2) is 60.7 Å². The Bertz CT molecular complexity index is 1130. The molecule has 7 heteroatoms. The molecule has 0 bridgehead atoms. The van der Waals surface area contributed by atoms with Gasteiger partial charge in [-0.15, -0.1) is 13.2 Å². The summed E-state index contributed by atoms with van der Waals surface area (Å²) in [7, 11) is 0. The van der Waals surface area contributed by atoms with Crippen LogP contribution in [-0.4, -0.2) is 6.36 Å². The molecule has 0 saturated heterocycles. The number of benzene rings is 3. The van der Waals surface area contributed by atoms with Crippen molar-refractivity contribution in [1.29, 1.82) is 0 Å². The van der Waals surface area contributed by atoms with E-state index in [1.54, 1.807) is 6.07 Å². The lowest BCUT2D eigenvalue weighted by atomic mass is 9.77. The molecule has 0 amide bonds. The van der Waals surface area contributed by atoms with Gasteiger partial charge in [-0.1, -0.05) is 51.5 Å². The van der Waals surface area contributed by atoms with E-state index in [-0.39, 0.29) is 30.1 Å². The normalized spacial score (nSPS) is 17.8. The van der Waals surface area contributed by atoms with Crippen molar-refractivity contribution in [2.24, 2.45) is 5.92 Å². The summed E-state index contributed by atoms with van der Waals surface area (Å²) >= 11 is 0. The van der Waals surface area contributed by atoms with Crippen LogP contribution in [0.5, 0.6) is 17.2 Å². The number of alkyl halides is 3. The summed E-state index contributed by atoms with van der Waals surface area (Å²) < 4.78 is 76.6. The van der Waals surface area contributed by atoms with Gasteiger partial charge in [-0.3, -0.25) is 0 Å². The van der Waals surface area contributed by atoms with E-state index in [0.29, 0.717) is 5.92 Å². The second-order valence-electron chi connectivity index (χ2n) is 8.98. The van der Waals surface area contributed by atoms with Gasteiger partial charge in [0.05, 0.1) is 0 Å². The van der Waals surface area contributed by atoms with Crippen LogP contribution in [0.1, 0.15) is 64.4 Å². The number of halogens is 5. The maximum atomic E-state index is 15.2. The minimum atomic E-state index is -4.81. The number of hydrogen-bond donors (Lipinski definition) is 0. The van der Waals surface area contributed by atoms with Crippen molar-refractivity contribution in [2.45, 2.75) is 65.2 Å². The predicted molar refractivity (Wildman–Crippen MR) is 131 cm³/mol. The Morgan fingerprint density at radius 1 is 0.833 bits per heavy atom. The zero-order chi connectivity index (χ0) is 25.0. The third-order valence-electron chi connectivity index (χ3n) is 6.55. The fourth-order valence-electron chi connectivity index (χ4n) is 4.83. The van der Waals surface area contributed by atoms with Gasteiger partial charge in [-0.25, -0.2) is 8.78 Å². The van der Waals surface area contributed by atoms with Crippen molar-refractivity contribution in [3.8, 4) is 28.4 Å². The van der Waals surface area contributed by atoms with Gasteiger partial charge >= 0.3 is 6.36 Å². The lowest BCUT2D eigenvalue weighted by molar-refractivity contribution is -0.274. The highest BCUT2D eigenvalue weighted by atomic mass is 19.4. The lowest BCUT2D eigenvalue weighted by Gasteiger charge is -2.28. The molecule has 2 nitrogen and oxygen atoms in total. The smallest absolute Gasteiger partial charge is 0.454 e. The van der Waals surface area contributed by atoms with E-state index in [2.05, 4.69) is 11.7 Å². The second kappa shape index (κ2) is 11.8. The van der Waals surface area contributed by atoms with E-state index < -0.39 is 23.7 Å². The molecule has 36 heavy (non-hydrogen) atoms. The van der Waals surface area contributed by atoms with Gasteiger partial charge < -0.3 is 9.47 Å². The molecule has 0 aliphatic heterocycles. The Labute approximate surface area is 209 Å². The van der Waals surface area contributed by atoms with Gasteiger partial charge in [-0.05, 0) is 79.5 Å². The molecule has 1 fully saturated rings. The molecule has 0 unspecified atom stereocenters. The minimum absolute atomic E-state index is 0. The molecule has 0 radical (unpaired) electrons. The monoisotopic (exact) mass is 506 g/mol. The minimum Gasteiger partial charge on any atom is -0.454 e. The highest BCUT2D eigenvalue weighted by molar-refractivity contribution is 5.67. The maximum absolute atomic E-state index is 15.2. The van der Waals surface area contributed by atoms with E-state index in [1.807, 2.05) is 6.07 Å². The molecule has 4 rings (SSSR count). The third kappa shape index (κ3) is 6.77. The molecule has 3 aromatic carbocycles. The molecule has 0 N–H and O–H groups in total. The molecule has 0 aromatic heterocycles. The summed E-state index contributed by atoms with van der Waals surface area (Å²) in [6, 6.07) is 14.0. The van der Waals surface area contributed by atoms with Crippen molar-refractivity contribution >= 4 is 0 Å². The first-order valence-electron chi connectivity index (χ1n) is 11.9. The Kier molecular flexibility index (Phi) is 8.98. The Balaban J connectivity index is 0.00000361. The number of ether oxygens (including phenoxy) is 2. The fourth-order valence-corrected chi connectivity index (χ4v) is 4.83. The average molecular weight is 507 g/mol. The largest absolute Gasteiger partial charge is 0.573 e. The van der Waals surface area contributed by atoms with Crippen LogP contribution in [0.4, 0.5) is 22.0 Å². The summed E-state index contributed by atoms with van der Waals surface area (Å²) in [4.78, 5) is 0. The molecular weight excluding hydrogens is 475 g/mol. The molecular formula is C29H31F5O2. The van der Waals surface area contributed by atoms with Crippen LogP contribution in [0.3, 0.4) is 0 Å². The Morgan fingerprint density at radius 3 is 2.11 bits per heavy atom. The van der Waals surface area contributed by atoms with Gasteiger partial charge in [0.1, 0.15) is 17.3 Å². The molecule has 3 aromatic rings. The highest BCUT2D eigenvalue weighted by Gasteiger charge is 2.31. The van der Waals surface area contributed by atoms with E-state index >= 15 is 8.78 Å². The van der Waals surface area contributed by atoms with Crippen LogP contribution >= 0.6 is 0 Å². The van der Waals surface area contributed by atoms with Crippen LogP contribution < -0.4 is 9.47 Å². The number of rotatable bonds is 7. The first kappa shape index (κ1) is 27.5. The van der Waals surface area contributed by atoms with Crippen molar-refractivity contribution in [3.05, 3.63) is 77.9 Å². The number of hydrogen-bond acceptors (Lipinski definition) is 2. The van der Waals surface area contributed by atoms with Crippen molar-refractivity contribution in [1.82, 2.24) is 0 Å². The first-order chi connectivity index (χ1) is 16.7. The van der Waals surface area contributed by atoms with Crippen molar-refractivity contribution in [2.75, 3.05) is 0 Å². The molecule has 1 saturated carbocycles. The Morgan fingerprint density at radius 2 is 1.50 bits per heavy atom. The molecule has 194 valence electrons. The Hall–Kier alpha value is -3.09. The molecule has 1 aliphatic rings. The van der Waals surface area contributed by atoms with Gasteiger partial charge in [0.2, 0.25) is 0 Å². The van der Waals surface area contributed by atoms with Crippen LogP contribution in [0, 0.1) is 17.6 Å². The SMILES string of the molecule is C.CCC[C@H]1CC[C@H](c2ccc(-c3cccc(Oc4ccc(OC(F)(F)F)cc4)c3F)c(F)c2)CC1. The van der Waals surface area contributed by atoms with E-state index in [1.165, 1.54) is 49.2 Å². The molecule has 1 aliphatic carbocycles. The summed E-state index contributed by atoms with van der Waals surface area (Å²) in [5.41, 5.74) is 1.12. The molecule has 0 heterocycles.